The molecule has 4 heteroatoms. The summed E-state index contributed by atoms with van der Waals surface area (Å²) in [5, 5.41) is 3.52. The topological polar surface area (TPSA) is 33.1 Å². The van der Waals surface area contributed by atoms with E-state index in [1.165, 1.54) is 38.0 Å². The summed E-state index contributed by atoms with van der Waals surface area (Å²) >= 11 is 0. The quantitative estimate of drug-likeness (QED) is 0.851. The molecule has 2 heterocycles. The van der Waals surface area contributed by atoms with E-state index in [9.17, 15) is 0 Å². The molecule has 1 aliphatic heterocycles. The zero-order valence-electron chi connectivity index (χ0n) is 12.2. The van der Waals surface area contributed by atoms with Gasteiger partial charge in [-0.05, 0) is 31.7 Å². The summed E-state index contributed by atoms with van der Waals surface area (Å²) < 4.78 is 2.40. The highest BCUT2D eigenvalue weighted by molar-refractivity contribution is 5.03. The molecule has 1 aliphatic carbocycles. The van der Waals surface area contributed by atoms with E-state index in [4.69, 9.17) is 0 Å². The normalized spacial score (nSPS) is 24.5. The lowest BCUT2D eigenvalue weighted by atomic mass is 10.2. The Balaban J connectivity index is 1.57. The van der Waals surface area contributed by atoms with Gasteiger partial charge in [0.05, 0.1) is 12.0 Å². The molecule has 106 valence electrons. The lowest BCUT2D eigenvalue weighted by Crippen LogP contribution is -2.25. The van der Waals surface area contributed by atoms with Crippen molar-refractivity contribution in [3.63, 3.8) is 0 Å². The maximum absolute atomic E-state index is 4.35. The van der Waals surface area contributed by atoms with Gasteiger partial charge in [0.1, 0.15) is 0 Å². The Morgan fingerprint density at radius 3 is 2.89 bits per heavy atom. The fraction of sp³-hybridized carbons (Fsp3) is 0.800. The van der Waals surface area contributed by atoms with Crippen LogP contribution in [0.2, 0.25) is 0 Å². The molecule has 1 aromatic heterocycles. The Kier molecular flexibility index (Phi) is 3.89. The van der Waals surface area contributed by atoms with Gasteiger partial charge in [0, 0.05) is 37.9 Å². The van der Waals surface area contributed by atoms with E-state index in [0.29, 0.717) is 12.0 Å². The van der Waals surface area contributed by atoms with Crippen molar-refractivity contribution in [2.24, 2.45) is 5.92 Å². The van der Waals surface area contributed by atoms with Crippen LogP contribution in [0.4, 0.5) is 0 Å². The molecule has 19 heavy (non-hydrogen) atoms. The Bertz CT molecular complexity index is 408. The number of rotatable bonds is 6. The number of imidazole rings is 1. The number of hydrogen-bond acceptors (Lipinski definition) is 3. The molecule has 4 nitrogen and oxygen atoms in total. The first-order chi connectivity index (χ1) is 9.24. The summed E-state index contributed by atoms with van der Waals surface area (Å²) in [6.07, 6.45) is 8.16. The van der Waals surface area contributed by atoms with Crippen molar-refractivity contribution in [3.05, 3.63) is 18.2 Å². The number of hydrogen-bond donors (Lipinski definition) is 1. The van der Waals surface area contributed by atoms with Crippen molar-refractivity contribution in [2.75, 3.05) is 19.6 Å². The molecule has 0 amide bonds. The predicted octanol–water partition coefficient (Wildman–Crippen LogP) is 2.04. The molecule has 1 atom stereocenters. The van der Waals surface area contributed by atoms with Gasteiger partial charge < -0.3 is 9.88 Å². The Morgan fingerprint density at radius 2 is 2.16 bits per heavy atom. The molecule has 1 unspecified atom stereocenters. The van der Waals surface area contributed by atoms with Crippen LogP contribution in [0.1, 0.15) is 44.8 Å². The van der Waals surface area contributed by atoms with Crippen LogP contribution in [0.3, 0.4) is 0 Å². The largest absolute Gasteiger partial charge is 0.329 e. The highest BCUT2D eigenvalue weighted by atomic mass is 15.3. The van der Waals surface area contributed by atoms with Crippen molar-refractivity contribution in [1.82, 2.24) is 19.8 Å². The third-order valence-electron chi connectivity index (χ3n) is 4.26. The maximum Gasteiger partial charge on any atom is 0.0951 e. The van der Waals surface area contributed by atoms with E-state index in [-0.39, 0.29) is 0 Å². The zero-order chi connectivity index (χ0) is 13.2. The van der Waals surface area contributed by atoms with Crippen molar-refractivity contribution in [3.8, 4) is 0 Å². The minimum Gasteiger partial charge on any atom is -0.329 e. The summed E-state index contributed by atoms with van der Waals surface area (Å²) in [6.45, 7) is 9.00. The molecular weight excluding hydrogens is 236 g/mol. The minimum atomic E-state index is 0.638. The average molecular weight is 262 g/mol. The van der Waals surface area contributed by atoms with Crippen molar-refractivity contribution in [2.45, 2.75) is 51.7 Å². The molecule has 0 bridgehead atoms. The summed E-state index contributed by atoms with van der Waals surface area (Å²) in [6, 6.07) is 1.54. The first-order valence-corrected chi connectivity index (χ1v) is 7.69. The van der Waals surface area contributed by atoms with Crippen LogP contribution >= 0.6 is 0 Å². The lowest BCUT2D eigenvalue weighted by Gasteiger charge is -2.18. The molecule has 0 aromatic carbocycles. The van der Waals surface area contributed by atoms with Gasteiger partial charge in [0.2, 0.25) is 0 Å². The van der Waals surface area contributed by atoms with Gasteiger partial charge in [-0.3, -0.25) is 4.90 Å². The monoisotopic (exact) mass is 262 g/mol. The number of nitrogens with one attached hydrogen (secondary N) is 1. The number of likely N-dealkylation sites (tertiary alicyclic amines) is 1. The summed E-state index contributed by atoms with van der Waals surface area (Å²) in [7, 11) is 0. The van der Waals surface area contributed by atoms with Gasteiger partial charge >= 0.3 is 0 Å². The third kappa shape index (κ3) is 3.18. The molecule has 1 saturated heterocycles. The van der Waals surface area contributed by atoms with Gasteiger partial charge in [-0.1, -0.05) is 13.8 Å². The number of aromatic nitrogens is 2. The molecule has 0 spiro atoms. The van der Waals surface area contributed by atoms with Crippen LogP contribution in [0.15, 0.2) is 12.5 Å². The molecule has 3 rings (SSSR count). The summed E-state index contributed by atoms with van der Waals surface area (Å²) in [4.78, 5) is 7.02. The van der Waals surface area contributed by atoms with Crippen LogP contribution < -0.4 is 5.32 Å². The molecule has 0 radical (unpaired) electrons. The second-order valence-electron chi connectivity index (χ2n) is 6.49. The van der Waals surface area contributed by atoms with Crippen LogP contribution in [-0.2, 0) is 6.54 Å². The fourth-order valence-electron chi connectivity index (χ4n) is 3.05. The van der Waals surface area contributed by atoms with Gasteiger partial charge in [-0.2, -0.15) is 0 Å². The fourth-order valence-corrected chi connectivity index (χ4v) is 3.05. The Labute approximate surface area is 116 Å². The highest BCUT2D eigenvalue weighted by Crippen LogP contribution is 2.33. The average Bonchev–Trinajstić information content (AvgIpc) is 2.93. The minimum absolute atomic E-state index is 0.638. The number of nitrogens with zero attached hydrogens (tertiary/aromatic N) is 3. The van der Waals surface area contributed by atoms with Crippen LogP contribution in [0.25, 0.3) is 0 Å². The first-order valence-electron chi connectivity index (χ1n) is 7.69. The van der Waals surface area contributed by atoms with E-state index in [1.54, 1.807) is 0 Å². The van der Waals surface area contributed by atoms with E-state index >= 15 is 0 Å². The zero-order valence-corrected chi connectivity index (χ0v) is 12.2. The van der Waals surface area contributed by atoms with Gasteiger partial charge in [-0.25, -0.2) is 4.98 Å². The smallest absolute Gasteiger partial charge is 0.0951 e. The van der Waals surface area contributed by atoms with E-state index in [1.807, 2.05) is 12.5 Å². The lowest BCUT2D eigenvalue weighted by molar-refractivity contribution is 0.312. The van der Waals surface area contributed by atoms with Crippen LogP contribution in [0, 0.1) is 5.92 Å². The molecular formula is C15H26N4. The molecule has 2 aliphatic rings. The van der Waals surface area contributed by atoms with Gasteiger partial charge in [0.15, 0.2) is 0 Å². The Morgan fingerprint density at radius 1 is 1.32 bits per heavy atom. The molecule has 2 fully saturated rings. The summed E-state index contributed by atoms with van der Waals surface area (Å²) in [5.41, 5.74) is 1.34. The SMILES string of the molecule is CC(C)CNCc1cncn1C1CCN(C2CC2)C1. The molecule has 1 N–H and O–H groups in total. The third-order valence-corrected chi connectivity index (χ3v) is 4.26. The molecule has 1 saturated carbocycles. The highest BCUT2D eigenvalue weighted by Gasteiger charge is 2.35. The van der Waals surface area contributed by atoms with Gasteiger partial charge in [-0.15, -0.1) is 0 Å². The summed E-state index contributed by atoms with van der Waals surface area (Å²) in [5.74, 6) is 0.702. The van der Waals surface area contributed by atoms with Crippen molar-refractivity contribution < 1.29 is 0 Å². The molecule has 1 aromatic rings. The first kappa shape index (κ1) is 13.1. The van der Waals surface area contributed by atoms with Crippen molar-refractivity contribution in [1.29, 1.82) is 0 Å². The van der Waals surface area contributed by atoms with Crippen LogP contribution in [0.5, 0.6) is 0 Å². The van der Waals surface area contributed by atoms with Crippen LogP contribution in [-0.4, -0.2) is 40.1 Å². The van der Waals surface area contributed by atoms with E-state index in [0.717, 1.165) is 19.1 Å². The van der Waals surface area contributed by atoms with E-state index < -0.39 is 0 Å². The van der Waals surface area contributed by atoms with Crippen molar-refractivity contribution >= 4 is 0 Å². The van der Waals surface area contributed by atoms with E-state index in [2.05, 4.69) is 33.6 Å². The second kappa shape index (κ2) is 5.63. The maximum atomic E-state index is 4.35. The standard InChI is InChI=1S/C15H26N4/c1-12(2)7-16-8-15-9-17-11-19(15)14-5-6-18(10-14)13-3-4-13/h9,11-14,16H,3-8,10H2,1-2H3. The Hall–Kier alpha value is -0.870. The predicted molar refractivity (Wildman–Crippen MR) is 77.0 cm³/mol. The van der Waals surface area contributed by atoms with Gasteiger partial charge in [0.25, 0.3) is 0 Å². The second-order valence-corrected chi connectivity index (χ2v) is 6.49.